The van der Waals surface area contributed by atoms with Gasteiger partial charge in [0.05, 0.1) is 22.1 Å². The van der Waals surface area contributed by atoms with Crippen molar-refractivity contribution in [2.24, 2.45) is 0 Å². The Bertz CT molecular complexity index is 827. The Morgan fingerprint density at radius 2 is 2.05 bits per heavy atom. The zero-order valence-corrected chi connectivity index (χ0v) is 13.9. The van der Waals surface area contributed by atoms with Gasteiger partial charge in [-0.15, -0.1) is 11.6 Å². The molecule has 0 N–H and O–H groups in total. The van der Waals surface area contributed by atoms with Gasteiger partial charge in [0, 0.05) is 10.0 Å². The van der Waals surface area contributed by atoms with Crippen LogP contribution in [0.3, 0.4) is 0 Å². The van der Waals surface area contributed by atoms with E-state index in [4.69, 9.17) is 11.6 Å². The normalized spacial score (nSPS) is 12.8. The molecular weight excluding hydrogens is 355 g/mol. The predicted octanol–water partition coefficient (Wildman–Crippen LogP) is 5.54. The molecule has 3 rings (SSSR count). The van der Waals surface area contributed by atoms with E-state index in [1.54, 1.807) is 13.0 Å². The quantitative estimate of drug-likeness (QED) is 0.544. The molecular formula is C16H13BrClFN2. The van der Waals surface area contributed by atoms with E-state index in [-0.39, 0.29) is 11.2 Å². The van der Waals surface area contributed by atoms with Gasteiger partial charge in [0.1, 0.15) is 11.6 Å². The molecule has 0 radical (unpaired) electrons. The molecule has 1 heterocycles. The van der Waals surface area contributed by atoms with Crippen LogP contribution >= 0.6 is 27.5 Å². The van der Waals surface area contributed by atoms with Crippen LogP contribution in [0.5, 0.6) is 0 Å². The molecule has 0 spiro atoms. The number of fused-ring (bicyclic) bond motifs is 1. The summed E-state index contributed by atoms with van der Waals surface area (Å²) in [5.74, 6) is 0.470. The van der Waals surface area contributed by atoms with Crippen molar-refractivity contribution in [2.75, 3.05) is 0 Å². The summed E-state index contributed by atoms with van der Waals surface area (Å²) in [6.45, 7) is 3.63. The van der Waals surface area contributed by atoms with Crippen molar-refractivity contribution in [1.29, 1.82) is 0 Å². The summed E-state index contributed by atoms with van der Waals surface area (Å²) in [5, 5.41) is -0.279. The van der Waals surface area contributed by atoms with Crippen LogP contribution in [-0.4, -0.2) is 9.55 Å². The van der Waals surface area contributed by atoms with E-state index in [1.807, 2.05) is 35.8 Å². The molecule has 108 valence electrons. The number of halogens is 3. The number of imidazole rings is 1. The highest BCUT2D eigenvalue weighted by molar-refractivity contribution is 9.10. The van der Waals surface area contributed by atoms with Crippen molar-refractivity contribution < 1.29 is 4.39 Å². The smallest absolute Gasteiger partial charge is 0.132 e. The summed E-state index contributed by atoms with van der Waals surface area (Å²) in [7, 11) is 0. The number of alkyl halides is 1. The highest BCUT2D eigenvalue weighted by atomic mass is 79.9. The van der Waals surface area contributed by atoms with Gasteiger partial charge in [-0.05, 0) is 44.2 Å². The van der Waals surface area contributed by atoms with Crippen LogP contribution in [0.25, 0.3) is 16.7 Å². The van der Waals surface area contributed by atoms with Crippen molar-refractivity contribution in [2.45, 2.75) is 19.2 Å². The molecule has 3 aromatic rings. The summed E-state index contributed by atoms with van der Waals surface area (Å²) in [5.41, 5.74) is 3.09. The van der Waals surface area contributed by atoms with Gasteiger partial charge >= 0.3 is 0 Å². The maximum Gasteiger partial charge on any atom is 0.132 e. The van der Waals surface area contributed by atoms with E-state index in [0.717, 1.165) is 21.2 Å². The molecule has 0 amide bonds. The van der Waals surface area contributed by atoms with E-state index in [2.05, 4.69) is 20.9 Å². The molecule has 1 atom stereocenters. The lowest BCUT2D eigenvalue weighted by Gasteiger charge is -2.13. The van der Waals surface area contributed by atoms with Crippen molar-refractivity contribution in [1.82, 2.24) is 9.55 Å². The maximum absolute atomic E-state index is 13.9. The third-order valence-electron chi connectivity index (χ3n) is 3.48. The van der Waals surface area contributed by atoms with Gasteiger partial charge in [-0.25, -0.2) is 9.37 Å². The zero-order valence-electron chi connectivity index (χ0n) is 11.6. The molecule has 1 unspecified atom stereocenters. The Morgan fingerprint density at radius 3 is 2.76 bits per heavy atom. The second-order valence-corrected chi connectivity index (χ2v) is 6.51. The van der Waals surface area contributed by atoms with Crippen LogP contribution in [0, 0.1) is 12.7 Å². The van der Waals surface area contributed by atoms with Crippen molar-refractivity contribution in [3.05, 3.63) is 58.1 Å². The second kappa shape index (κ2) is 5.43. The summed E-state index contributed by atoms with van der Waals surface area (Å²) in [6, 6.07) is 10.9. The molecule has 0 aliphatic carbocycles. The van der Waals surface area contributed by atoms with Crippen LogP contribution < -0.4 is 0 Å². The van der Waals surface area contributed by atoms with Crippen molar-refractivity contribution in [3.63, 3.8) is 0 Å². The van der Waals surface area contributed by atoms with Crippen LogP contribution in [0.2, 0.25) is 0 Å². The third-order valence-corrected chi connectivity index (χ3v) is 4.17. The van der Waals surface area contributed by atoms with Crippen LogP contribution in [0.4, 0.5) is 4.39 Å². The fourth-order valence-electron chi connectivity index (χ4n) is 2.43. The van der Waals surface area contributed by atoms with Crippen LogP contribution in [0.15, 0.2) is 40.9 Å². The lowest BCUT2D eigenvalue weighted by atomic mass is 10.1. The van der Waals surface area contributed by atoms with E-state index in [0.29, 0.717) is 11.4 Å². The third kappa shape index (κ3) is 2.47. The second-order valence-electron chi connectivity index (χ2n) is 4.94. The summed E-state index contributed by atoms with van der Waals surface area (Å²) in [4.78, 5) is 4.60. The maximum atomic E-state index is 13.9. The summed E-state index contributed by atoms with van der Waals surface area (Å²) in [6.07, 6.45) is 0. The molecule has 0 saturated carbocycles. The highest BCUT2D eigenvalue weighted by Gasteiger charge is 2.18. The largest absolute Gasteiger partial charge is 0.295 e. The number of nitrogens with zero attached hydrogens (tertiary/aromatic N) is 2. The van der Waals surface area contributed by atoms with Gasteiger partial charge in [0.2, 0.25) is 0 Å². The molecule has 1 aromatic heterocycles. The Kier molecular flexibility index (Phi) is 3.76. The molecule has 0 saturated heterocycles. The molecule has 2 nitrogen and oxygen atoms in total. The fraction of sp³-hybridized carbons (Fsp3) is 0.188. The number of hydrogen-bond donors (Lipinski definition) is 0. The summed E-state index contributed by atoms with van der Waals surface area (Å²) < 4.78 is 16.8. The Morgan fingerprint density at radius 1 is 1.29 bits per heavy atom. The number of hydrogen-bond acceptors (Lipinski definition) is 1. The molecule has 0 bridgehead atoms. The Balaban J connectivity index is 2.39. The van der Waals surface area contributed by atoms with Gasteiger partial charge in [0.25, 0.3) is 0 Å². The van der Waals surface area contributed by atoms with E-state index < -0.39 is 0 Å². The lowest BCUT2D eigenvalue weighted by molar-refractivity contribution is 0.616. The van der Waals surface area contributed by atoms with Gasteiger partial charge in [0.15, 0.2) is 0 Å². The first-order valence-electron chi connectivity index (χ1n) is 6.56. The molecule has 2 aromatic carbocycles. The topological polar surface area (TPSA) is 17.8 Å². The lowest BCUT2D eigenvalue weighted by Crippen LogP contribution is -2.04. The van der Waals surface area contributed by atoms with Gasteiger partial charge in [-0.1, -0.05) is 22.0 Å². The first-order chi connectivity index (χ1) is 9.99. The SMILES string of the molecule is Cc1c(F)cccc1-n1c(C(C)Cl)nc2cc(Br)ccc21. The minimum Gasteiger partial charge on any atom is -0.295 e. The molecule has 0 aliphatic rings. The molecule has 0 aliphatic heterocycles. The van der Waals surface area contributed by atoms with Gasteiger partial charge in [-0.2, -0.15) is 0 Å². The molecule has 5 heteroatoms. The fourth-order valence-corrected chi connectivity index (χ4v) is 2.93. The average Bonchev–Trinajstić information content (AvgIpc) is 2.80. The van der Waals surface area contributed by atoms with Crippen molar-refractivity contribution >= 4 is 38.6 Å². The van der Waals surface area contributed by atoms with Crippen LogP contribution in [-0.2, 0) is 0 Å². The Hall–Kier alpha value is -1.39. The minimum atomic E-state index is -0.279. The van der Waals surface area contributed by atoms with Crippen molar-refractivity contribution in [3.8, 4) is 5.69 Å². The molecule has 0 fully saturated rings. The number of benzene rings is 2. The Labute approximate surface area is 135 Å². The van der Waals surface area contributed by atoms with E-state index in [9.17, 15) is 4.39 Å². The zero-order chi connectivity index (χ0) is 15.1. The first-order valence-corrected chi connectivity index (χ1v) is 7.79. The summed E-state index contributed by atoms with van der Waals surface area (Å²) >= 11 is 9.72. The van der Waals surface area contributed by atoms with Crippen LogP contribution in [0.1, 0.15) is 23.7 Å². The minimum absolute atomic E-state index is 0.236. The van der Waals surface area contributed by atoms with Gasteiger partial charge in [-0.3, -0.25) is 4.57 Å². The highest BCUT2D eigenvalue weighted by Crippen LogP contribution is 2.31. The first kappa shape index (κ1) is 14.5. The number of aromatic nitrogens is 2. The number of rotatable bonds is 2. The average molecular weight is 368 g/mol. The monoisotopic (exact) mass is 366 g/mol. The van der Waals surface area contributed by atoms with E-state index >= 15 is 0 Å². The predicted molar refractivity (Wildman–Crippen MR) is 87.7 cm³/mol. The van der Waals surface area contributed by atoms with E-state index in [1.165, 1.54) is 6.07 Å². The molecule has 21 heavy (non-hydrogen) atoms. The standard InChI is InChI=1S/C16H13BrClFN2/c1-9-12(19)4-3-5-14(9)21-15-7-6-11(17)8-13(15)20-16(21)10(2)18/h3-8,10H,1-2H3. The van der Waals surface area contributed by atoms with Gasteiger partial charge < -0.3 is 0 Å².